The summed E-state index contributed by atoms with van der Waals surface area (Å²) in [6, 6.07) is 0. The zero-order valence-electron chi connectivity index (χ0n) is 10.0. The molecule has 0 unspecified atom stereocenters. The van der Waals surface area contributed by atoms with Crippen LogP contribution in [0.15, 0.2) is 0 Å². The van der Waals surface area contributed by atoms with Crippen molar-refractivity contribution < 1.29 is 9.90 Å². The van der Waals surface area contributed by atoms with Gasteiger partial charge in [-0.25, -0.2) is 4.79 Å². The SMILES string of the molecule is Cc1nnc(CC2CCC2)n1C1(C(=O)O)CC1. The van der Waals surface area contributed by atoms with E-state index in [2.05, 4.69) is 10.2 Å². The predicted molar refractivity (Wildman–Crippen MR) is 60.6 cm³/mol. The lowest BCUT2D eigenvalue weighted by Crippen LogP contribution is -2.31. The minimum absolute atomic E-state index is 0.682. The Bertz CT molecular complexity index is 458. The number of aromatic nitrogens is 3. The molecule has 0 saturated heterocycles. The Kier molecular flexibility index (Phi) is 2.24. The molecule has 1 N–H and O–H groups in total. The van der Waals surface area contributed by atoms with Gasteiger partial charge in [-0.05, 0) is 25.7 Å². The van der Waals surface area contributed by atoms with Gasteiger partial charge in [0, 0.05) is 6.42 Å². The van der Waals surface area contributed by atoms with Crippen molar-refractivity contribution in [2.24, 2.45) is 5.92 Å². The fourth-order valence-corrected chi connectivity index (χ4v) is 2.70. The standard InChI is InChI=1S/C12H17N3O2/c1-8-13-14-10(7-9-3-2-4-9)15(8)12(5-6-12)11(16)17/h9H,2-7H2,1H3,(H,16,17). The number of carboxylic acids is 1. The molecular formula is C12H17N3O2. The van der Waals surface area contributed by atoms with E-state index < -0.39 is 11.5 Å². The van der Waals surface area contributed by atoms with Gasteiger partial charge in [-0.3, -0.25) is 4.57 Å². The van der Waals surface area contributed by atoms with Gasteiger partial charge in [-0.2, -0.15) is 0 Å². The fourth-order valence-electron chi connectivity index (χ4n) is 2.70. The van der Waals surface area contributed by atoms with Gasteiger partial charge in [-0.1, -0.05) is 19.3 Å². The van der Waals surface area contributed by atoms with E-state index in [0.717, 1.165) is 18.1 Å². The van der Waals surface area contributed by atoms with Crippen LogP contribution in [-0.2, 0) is 16.8 Å². The molecule has 1 heterocycles. The molecule has 0 spiro atoms. The lowest BCUT2D eigenvalue weighted by atomic mass is 9.83. The van der Waals surface area contributed by atoms with E-state index in [1.54, 1.807) is 0 Å². The summed E-state index contributed by atoms with van der Waals surface area (Å²) in [6.45, 7) is 1.85. The van der Waals surface area contributed by atoms with Gasteiger partial charge in [0.25, 0.3) is 0 Å². The molecule has 3 rings (SSSR count). The Morgan fingerprint density at radius 3 is 2.65 bits per heavy atom. The highest BCUT2D eigenvalue weighted by atomic mass is 16.4. The molecule has 2 aliphatic carbocycles. The smallest absolute Gasteiger partial charge is 0.329 e. The van der Waals surface area contributed by atoms with E-state index >= 15 is 0 Å². The predicted octanol–water partition coefficient (Wildman–Crippen LogP) is 1.50. The molecule has 0 aromatic carbocycles. The lowest BCUT2D eigenvalue weighted by molar-refractivity contribution is -0.142. The number of hydrogen-bond acceptors (Lipinski definition) is 3. The monoisotopic (exact) mass is 235 g/mol. The van der Waals surface area contributed by atoms with Gasteiger partial charge >= 0.3 is 5.97 Å². The molecular weight excluding hydrogens is 218 g/mol. The molecule has 0 aliphatic heterocycles. The van der Waals surface area contributed by atoms with Crippen LogP contribution in [0.5, 0.6) is 0 Å². The van der Waals surface area contributed by atoms with Crippen molar-refractivity contribution in [3.63, 3.8) is 0 Å². The zero-order valence-corrected chi connectivity index (χ0v) is 10.0. The van der Waals surface area contributed by atoms with E-state index in [4.69, 9.17) is 0 Å². The van der Waals surface area contributed by atoms with Crippen molar-refractivity contribution >= 4 is 5.97 Å². The molecule has 1 aromatic heterocycles. The highest BCUT2D eigenvalue weighted by molar-refractivity contribution is 5.80. The van der Waals surface area contributed by atoms with Crippen LogP contribution in [0.3, 0.4) is 0 Å². The van der Waals surface area contributed by atoms with Crippen molar-refractivity contribution in [3.8, 4) is 0 Å². The van der Waals surface area contributed by atoms with Crippen LogP contribution in [0.25, 0.3) is 0 Å². The lowest BCUT2D eigenvalue weighted by Gasteiger charge is -2.26. The molecule has 0 atom stereocenters. The Labute approximate surface area is 99.9 Å². The Morgan fingerprint density at radius 2 is 2.18 bits per heavy atom. The first-order chi connectivity index (χ1) is 8.13. The normalized spacial score (nSPS) is 22.2. The van der Waals surface area contributed by atoms with Gasteiger partial charge in [0.15, 0.2) is 0 Å². The number of carbonyl (C=O) groups is 1. The van der Waals surface area contributed by atoms with E-state index in [1.165, 1.54) is 19.3 Å². The molecule has 1 aromatic rings. The maximum atomic E-state index is 11.4. The molecule has 0 radical (unpaired) electrons. The maximum absolute atomic E-state index is 11.4. The van der Waals surface area contributed by atoms with Crippen molar-refractivity contribution in [1.82, 2.24) is 14.8 Å². The molecule has 2 aliphatic rings. The topological polar surface area (TPSA) is 68.0 Å². The maximum Gasteiger partial charge on any atom is 0.329 e. The average molecular weight is 235 g/mol. The third-order valence-corrected chi connectivity index (χ3v) is 4.14. The van der Waals surface area contributed by atoms with E-state index in [1.807, 2.05) is 11.5 Å². The summed E-state index contributed by atoms with van der Waals surface area (Å²) in [7, 11) is 0. The minimum Gasteiger partial charge on any atom is -0.479 e. The molecule has 0 bridgehead atoms. The summed E-state index contributed by atoms with van der Waals surface area (Å²) < 4.78 is 1.87. The first kappa shape index (κ1) is 10.7. The summed E-state index contributed by atoms with van der Waals surface area (Å²) in [5.41, 5.74) is -0.730. The highest BCUT2D eigenvalue weighted by Gasteiger charge is 2.54. The van der Waals surface area contributed by atoms with E-state index in [-0.39, 0.29) is 0 Å². The van der Waals surface area contributed by atoms with Gasteiger partial charge in [0.2, 0.25) is 0 Å². The van der Waals surface area contributed by atoms with Crippen LogP contribution in [0.4, 0.5) is 0 Å². The molecule has 17 heavy (non-hydrogen) atoms. The quantitative estimate of drug-likeness (QED) is 0.858. The summed E-state index contributed by atoms with van der Waals surface area (Å²) in [5, 5.41) is 17.6. The number of nitrogens with zero attached hydrogens (tertiary/aromatic N) is 3. The van der Waals surface area contributed by atoms with Gasteiger partial charge in [-0.15, -0.1) is 10.2 Å². The summed E-state index contributed by atoms with van der Waals surface area (Å²) in [4.78, 5) is 11.4. The van der Waals surface area contributed by atoms with Gasteiger partial charge < -0.3 is 5.11 Å². The first-order valence-corrected chi connectivity index (χ1v) is 6.28. The van der Waals surface area contributed by atoms with Gasteiger partial charge in [0.05, 0.1) is 0 Å². The number of aryl methyl sites for hydroxylation is 1. The van der Waals surface area contributed by atoms with Crippen LogP contribution < -0.4 is 0 Å². The Morgan fingerprint density at radius 1 is 1.47 bits per heavy atom. The van der Waals surface area contributed by atoms with Crippen LogP contribution >= 0.6 is 0 Å². The number of hydrogen-bond donors (Lipinski definition) is 1. The van der Waals surface area contributed by atoms with Crippen molar-refractivity contribution in [3.05, 3.63) is 11.6 Å². The third-order valence-electron chi connectivity index (χ3n) is 4.14. The van der Waals surface area contributed by atoms with Crippen molar-refractivity contribution in [1.29, 1.82) is 0 Å². The van der Waals surface area contributed by atoms with Crippen LogP contribution in [0, 0.1) is 12.8 Å². The number of rotatable bonds is 4. The fraction of sp³-hybridized carbons (Fsp3) is 0.750. The van der Waals surface area contributed by atoms with Crippen LogP contribution in [-0.4, -0.2) is 25.8 Å². The second-order valence-corrected chi connectivity index (χ2v) is 5.34. The van der Waals surface area contributed by atoms with Crippen molar-refractivity contribution in [2.45, 2.75) is 51.0 Å². The van der Waals surface area contributed by atoms with Crippen LogP contribution in [0.1, 0.15) is 43.8 Å². The average Bonchev–Trinajstić information content (AvgIpc) is 2.94. The second kappa shape index (κ2) is 3.55. The van der Waals surface area contributed by atoms with Crippen LogP contribution in [0.2, 0.25) is 0 Å². The molecule has 5 nitrogen and oxygen atoms in total. The summed E-state index contributed by atoms with van der Waals surface area (Å²) in [6.07, 6.45) is 6.08. The molecule has 92 valence electrons. The molecule has 2 saturated carbocycles. The zero-order chi connectivity index (χ0) is 12.0. The molecule has 5 heteroatoms. The van der Waals surface area contributed by atoms with Gasteiger partial charge in [0.1, 0.15) is 17.2 Å². The Balaban J connectivity index is 1.92. The minimum atomic E-state index is -0.741. The number of aliphatic carboxylic acids is 1. The summed E-state index contributed by atoms with van der Waals surface area (Å²) in [5.74, 6) is 1.54. The second-order valence-electron chi connectivity index (χ2n) is 5.34. The Hall–Kier alpha value is -1.39. The number of carboxylic acid groups (broad SMARTS) is 1. The summed E-state index contributed by atoms with van der Waals surface area (Å²) >= 11 is 0. The first-order valence-electron chi connectivity index (χ1n) is 6.28. The largest absolute Gasteiger partial charge is 0.479 e. The van der Waals surface area contributed by atoms with E-state index in [0.29, 0.717) is 18.8 Å². The third kappa shape index (κ3) is 1.56. The molecule has 0 amide bonds. The molecule has 2 fully saturated rings. The van der Waals surface area contributed by atoms with E-state index in [9.17, 15) is 9.90 Å². The highest BCUT2D eigenvalue weighted by Crippen LogP contribution is 2.45. The van der Waals surface area contributed by atoms with Crippen molar-refractivity contribution in [2.75, 3.05) is 0 Å².